The first-order chi connectivity index (χ1) is 8.95. The first-order valence-electron chi connectivity index (χ1n) is 7.22. The van der Waals surface area contributed by atoms with E-state index in [1.54, 1.807) is 0 Å². The Morgan fingerprint density at radius 1 is 1.21 bits per heavy atom. The van der Waals surface area contributed by atoms with E-state index in [1.807, 2.05) is 13.8 Å². The van der Waals surface area contributed by atoms with Crippen molar-refractivity contribution in [3.8, 4) is 0 Å². The Balaban J connectivity index is 2.50. The normalized spacial score (nSPS) is 23.9. The molecular weight excluding hydrogens is 244 g/mol. The van der Waals surface area contributed by atoms with Gasteiger partial charge in [0.15, 0.2) is 0 Å². The van der Waals surface area contributed by atoms with Crippen molar-refractivity contribution in [3.63, 3.8) is 0 Å². The van der Waals surface area contributed by atoms with Crippen LogP contribution in [0.2, 0.25) is 0 Å². The van der Waals surface area contributed by atoms with Gasteiger partial charge < -0.3 is 16.2 Å². The van der Waals surface area contributed by atoms with Crippen LogP contribution in [0.4, 0.5) is 0 Å². The summed E-state index contributed by atoms with van der Waals surface area (Å²) in [6.07, 6.45) is 4.42. The van der Waals surface area contributed by atoms with Crippen LogP contribution < -0.4 is 11.1 Å². The molecule has 0 unspecified atom stereocenters. The Kier molecular flexibility index (Phi) is 5.79. The molecule has 0 aromatic carbocycles. The molecule has 0 bridgehead atoms. The van der Waals surface area contributed by atoms with Gasteiger partial charge in [-0.25, -0.2) is 0 Å². The molecule has 1 aliphatic rings. The van der Waals surface area contributed by atoms with Crippen LogP contribution in [-0.4, -0.2) is 29.6 Å². The molecule has 5 nitrogen and oxygen atoms in total. The van der Waals surface area contributed by atoms with Gasteiger partial charge in [0.25, 0.3) is 0 Å². The highest BCUT2D eigenvalue weighted by Gasteiger charge is 2.36. The maximum absolute atomic E-state index is 12.1. The zero-order chi connectivity index (χ0) is 14.5. The van der Waals surface area contributed by atoms with E-state index >= 15 is 0 Å². The van der Waals surface area contributed by atoms with E-state index in [0.29, 0.717) is 12.8 Å². The maximum atomic E-state index is 12.1. The number of carbonyl (C=O) groups excluding carboxylic acids is 1. The number of hydrogen-bond acceptors (Lipinski definition) is 3. The first kappa shape index (κ1) is 16.0. The zero-order valence-corrected chi connectivity index (χ0v) is 11.9. The summed E-state index contributed by atoms with van der Waals surface area (Å²) in [7, 11) is 0. The predicted molar refractivity (Wildman–Crippen MR) is 73.6 cm³/mol. The van der Waals surface area contributed by atoms with Gasteiger partial charge in [-0.15, -0.1) is 0 Å². The van der Waals surface area contributed by atoms with Gasteiger partial charge in [-0.2, -0.15) is 0 Å². The standard InChI is InChI=1S/C14H26N2O3/c1-3-14(4-2,13(18)19)9-16-12(17)10-5-7-11(15)8-6-10/h10-11H,3-9,15H2,1-2H3,(H,16,17)(H,18,19). The van der Waals surface area contributed by atoms with Crippen molar-refractivity contribution in [3.05, 3.63) is 0 Å². The molecule has 1 amide bonds. The Morgan fingerprint density at radius 3 is 2.16 bits per heavy atom. The van der Waals surface area contributed by atoms with Gasteiger partial charge in [0, 0.05) is 18.5 Å². The molecule has 0 saturated heterocycles. The average molecular weight is 270 g/mol. The number of carbonyl (C=O) groups is 2. The van der Waals surface area contributed by atoms with E-state index in [0.717, 1.165) is 25.7 Å². The lowest BCUT2D eigenvalue weighted by Gasteiger charge is -2.29. The van der Waals surface area contributed by atoms with Crippen LogP contribution in [0.1, 0.15) is 52.4 Å². The molecule has 5 heteroatoms. The van der Waals surface area contributed by atoms with Gasteiger partial charge in [-0.1, -0.05) is 13.8 Å². The van der Waals surface area contributed by atoms with Crippen LogP contribution in [0.15, 0.2) is 0 Å². The lowest BCUT2D eigenvalue weighted by molar-refractivity contribution is -0.149. The molecule has 1 fully saturated rings. The van der Waals surface area contributed by atoms with Crippen molar-refractivity contribution in [2.75, 3.05) is 6.54 Å². The molecule has 0 heterocycles. The molecule has 0 atom stereocenters. The van der Waals surface area contributed by atoms with E-state index in [9.17, 15) is 14.7 Å². The van der Waals surface area contributed by atoms with E-state index in [1.165, 1.54) is 0 Å². The largest absolute Gasteiger partial charge is 0.481 e. The number of carboxylic acids is 1. The van der Waals surface area contributed by atoms with Crippen LogP contribution in [-0.2, 0) is 9.59 Å². The Labute approximate surface area is 114 Å². The van der Waals surface area contributed by atoms with Gasteiger partial charge >= 0.3 is 5.97 Å². The summed E-state index contributed by atoms with van der Waals surface area (Å²) in [6, 6.07) is 0.216. The van der Waals surface area contributed by atoms with Crippen molar-refractivity contribution in [1.82, 2.24) is 5.32 Å². The van der Waals surface area contributed by atoms with Gasteiger partial charge in [0.1, 0.15) is 0 Å². The maximum Gasteiger partial charge on any atom is 0.311 e. The monoisotopic (exact) mass is 270 g/mol. The average Bonchev–Trinajstić information content (AvgIpc) is 2.40. The molecule has 1 saturated carbocycles. The first-order valence-corrected chi connectivity index (χ1v) is 7.22. The van der Waals surface area contributed by atoms with E-state index < -0.39 is 11.4 Å². The number of carboxylic acid groups (broad SMARTS) is 1. The fourth-order valence-corrected chi connectivity index (χ4v) is 2.66. The molecule has 0 aromatic rings. The van der Waals surface area contributed by atoms with Crippen LogP contribution in [0.25, 0.3) is 0 Å². The van der Waals surface area contributed by atoms with Crippen molar-refractivity contribution in [2.24, 2.45) is 17.1 Å². The molecule has 0 radical (unpaired) electrons. The Morgan fingerprint density at radius 2 is 1.74 bits per heavy atom. The molecule has 0 aliphatic heterocycles. The van der Waals surface area contributed by atoms with Crippen LogP contribution in [0, 0.1) is 11.3 Å². The minimum absolute atomic E-state index is 0.00000661. The third-order valence-corrected chi connectivity index (χ3v) is 4.55. The van der Waals surface area contributed by atoms with Gasteiger partial charge in [-0.05, 0) is 38.5 Å². The van der Waals surface area contributed by atoms with Gasteiger partial charge in [0.05, 0.1) is 5.41 Å². The van der Waals surface area contributed by atoms with Crippen LogP contribution in [0.5, 0.6) is 0 Å². The molecule has 19 heavy (non-hydrogen) atoms. The summed E-state index contributed by atoms with van der Waals surface area (Å²) in [5.41, 5.74) is 4.98. The van der Waals surface area contributed by atoms with Crippen molar-refractivity contribution in [2.45, 2.75) is 58.4 Å². The molecule has 4 N–H and O–H groups in total. The van der Waals surface area contributed by atoms with Crippen LogP contribution in [0.3, 0.4) is 0 Å². The zero-order valence-electron chi connectivity index (χ0n) is 11.9. The summed E-state index contributed by atoms with van der Waals surface area (Å²) in [5.74, 6) is -0.845. The second-order valence-corrected chi connectivity index (χ2v) is 5.62. The van der Waals surface area contributed by atoms with E-state index in [-0.39, 0.29) is 24.4 Å². The minimum atomic E-state index is -0.833. The Bertz CT molecular complexity index is 319. The second-order valence-electron chi connectivity index (χ2n) is 5.62. The van der Waals surface area contributed by atoms with Gasteiger partial charge in [-0.3, -0.25) is 9.59 Å². The highest BCUT2D eigenvalue weighted by atomic mass is 16.4. The molecule has 110 valence electrons. The molecule has 1 aliphatic carbocycles. The fourth-order valence-electron chi connectivity index (χ4n) is 2.66. The summed E-state index contributed by atoms with van der Waals surface area (Å²) >= 11 is 0. The SMILES string of the molecule is CCC(CC)(CNC(=O)C1CCC(N)CC1)C(=O)O. The molecule has 1 rings (SSSR count). The molecular formula is C14H26N2O3. The number of nitrogens with one attached hydrogen (secondary N) is 1. The number of aliphatic carboxylic acids is 1. The quantitative estimate of drug-likeness (QED) is 0.682. The van der Waals surface area contributed by atoms with Crippen LogP contribution >= 0.6 is 0 Å². The highest BCUT2D eigenvalue weighted by Crippen LogP contribution is 2.27. The topological polar surface area (TPSA) is 92.4 Å². The predicted octanol–water partition coefficient (Wildman–Crippen LogP) is 1.51. The highest BCUT2D eigenvalue weighted by molar-refractivity contribution is 5.80. The number of nitrogens with two attached hydrogens (primary N) is 1. The third kappa shape index (κ3) is 3.93. The summed E-state index contributed by atoms with van der Waals surface area (Å²) in [5, 5.41) is 12.1. The van der Waals surface area contributed by atoms with E-state index in [2.05, 4.69) is 5.32 Å². The Hall–Kier alpha value is -1.10. The number of hydrogen-bond donors (Lipinski definition) is 3. The van der Waals surface area contributed by atoms with Crippen molar-refractivity contribution >= 4 is 11.9 Å². The summed E-state index contributed by atoms with van der Waals surface area (Å²) < 4.78 is 0. The number of rotatable bonds is 6. The summed E-state index contributed by atoms with van der Waals surface area (Å²) in [6.45, 7) is 3.92. The summed E-state index contributed by atoms with van der Waals surface area (Å²) in [4.78, 5) is 23.4. The molecule has 0 spiro atoms. The second kappa shape index (κ2) is 6.89. The molecule has 0 aromatic heterocycles. The van der Waals surface area contributed by atoms with Crippen molar-refractivity contribution < 1.29 is 14.7 Å². The minimum Gasteiger partial charge on any atom is -0.481 e. The smallest absolute Gasteiger partial charge is 0.311 e. The van der Waals surface area contributed by atoms with E-state index in [4.69, 9.17) is 5.73 Å². The number of amides is 1. The van der Waals surface area contributed by atoms with Gasteiger partial charge in [0.2, 0.25) is 5.91 Å². The fraction of sp³-hybridized carbons (Fsp3) is 0.857. The third-order valence-electron chi connectivity index (χ3n) is 4.55. The lowest BCUT2D eigenvalue weighted by Crippen LogP contribution is -2.45. The lowest BCUT2D eigenvalue weighted by atomic mass is 9.81. The van der Waals surface area contributed by atoms with Crippen molar-refractivity contribution in [1.29, 1.82) is 0 Å².